The summed E-state index contributed by atoms with van der Waals surface area (Å²) in [5.41, 5.74) is 0.594. The molecule has 142 valence electrons. The largest absolute Gasteiger partial charge is 0.488 e. The van der Waals surface area contributed by atoms with Gasteiger partial charge in [0.25, 0.3) is 11.5 Å². The number of hydrogen-bond donors (Lipinski definition) is 0. The van der Waals surface area contributed by atoms with Gasteiger partial charge in [-0.15, -0.1) is 0 Å². The van der Waals surface area contributed by atoms with E-state index < -0.39 is 6.10 Å². The maximum absolute atomic E-state index is 12.7. The highest BCUT2D eigenvalue weighted by Crippen LogP contribution is 2.34. The number of likely N-dealkylation sites (N-methyl/N-ethyl adjacent to an activating group) is 1. The fraction of sp³-hybridized carbons (Fsp3) is 0.350. The van der Waals surface area contributed by atoms with Crippen LogP contribution in [0.5, 0.6) is 11.5 Å². The quantitative estimate of drug-likeness (QED) is 0.729. The molecule has 2 heterocycles. The standard InChI is InChI=1S/C20H22N2O5/c1-4-10-26-18-6-5-9-22(20(18)25)12-16(23)14-7-8-17-15(11-14)21(3)19(24)13(2)27-17/h5-9,11,13H,4,10,12H2,1-3H3. The average Bonchev–Trinajstić information content (AvgIpc) is 2.66. The van der Waals surface area contributed by atoms with Gasteiger partial charge >= 0.3 is 0 Å². The number of hydrogen-bond acceptors (Lipinski definition) is 5. The van der Waals surface area contributed by atoms with Crippen molar-refractivity contribution in [2.45, 2.75) is 32.9 Å². The Kier molecular flexibility index (Phi) is 5.30. The van der Waals surface area contributed by atoms with Crippen LogP contribution in [-0.2, 0) is 11.3 Å². The molecule has 0 radical (unpaired) electrons. The second kappa shape index (κ2) is 7.65. The van der Waals surface area contributed by atoms with Gasteiger partial charge in [-0.3, -0.25) is 14.4 Å². The Morgan fingerprint density at radius 2 is 2.04 bits per heavy atom. The first-order valence-electron chi connectivity index (χ1n) is 8.86. The molecule has 27 heavy (non-hydrogen) atoms. The van der Waals surface area contributed by atoms with Crippen LogP contribution in [0.3, 0.4) is 0 Å². The number of fused-ring (bicyclic) bond motifs is 1. The first kappa shape index (κ1) is 18.7. The van der Waals surface area contributed by atoms with Crippen molar-refractivity contribution < 1.29 is 19.1 Å². The van der Waals surface area contributed by atoms with Gasteiger partial charge in [0, 0.05) is 18.8 Å². The molecule has 1 aliphatic rings. The Morgan fingerprint density at radius 3 is 2.78 bits per heavy atom. The zero-order chi connectivity index (χ0) is 19.6. The zero-order valence-corrected chi connectivity index (χ0v) is 15.6. The van der Waals surface area contributed by atoms with Gasteiger partial charge < -0.3 is 18.9 Å². The van der Waals surface area contributed by atoms with Crippen LogP contribution < -0.4 is 19.9 Å². The first-order chi connectivity index (χ1) is 12.9. The molecule has 0 saturated heterocycles. The molecule has 2 aromatic rings. The molecule has 1 aromatic heterocycles. The van der Waals surface area contributed by atoms with E-state index in [1.807, 2.05) is 6.92 Å². The molecule has 1 aromatic carbocycles. The number of carbonyl (C=O) groups is 2. The smallest absolute Gasteiger partial charge is 0.293 e. The summed E-state index contributed by atoms with van der Waals surface area (Å²) in [5.74, 6) is 0.356. The predicted octanol–water partition coefficient (Wildman–Crippen LogP) is 2.26. The minimum Gasteiger partial charge on any atom is -0.488 e. The molecule has 0 N–H and O–H groups in total. The maximum atomic E-state index is 12.7. The second-order valence-corrected chi connectivity index (χ2v) is 6.42. The van der Waals surface area contributed by atoms with Crippen LogP contribution >= 0.6 is 0 Å². The lowest BCUT2D eigenvalue weighted by Gasteiger charge is -2.30. The van der Waals surface area contributed by atoms with Gasteiger partial charge in [0.1, 0.15) is 5.75 Å². The number of anilines is 1. The van der Waals surface area contributed by atoms with Gasteiger partial charge in [0.15, 0.2) is 17.6 Å². The van der Waals surface area contributed by atoms with Crippen molar-refractivity contribution in [3.63, 3.8) is 0 Å². The normalized spacial score (nSPS) is 15.9. The molecular weight excluding hydrogens is 348 g/mol. The van der Waals surface area contributed by atoms with Gasteiger partial charge in [-0.2, -0.15) is 0 Å². The summed E-state index contributed by atoms with van der Waals surface area (Å²) in [6.07, 6.45) is 1.78. The van der Waals surface area contributed by atoms with Crippen molar-refractivity contribution in [1.82, 2.24) is 4.57 Å². The highest BCUT2D eigenvalue weighted by Gasteiger charge is 2.29. The minimum absolute atomic E-state index is 0.115. The summed E-state index contributed by atoms with van der Waals surface area (Å²) in [4.78, 5) is 38.7. The Hall–Kier alpha value is -3.09. The van der Waals surface area contributed by atoms with Crippen molar-refractivity contribution in [3.8, 4) is 11.5 Å². The molecule has 0 fully saturated rings. The Bertz CT molecular complexity index is 934. The van der Waals surface area contributed by atoms with Crippen molar-refractivity contribution in [3.05, 3.63) is 52.4 Å². The number of amides is 1. The molecule has 0 saturated carbocycles. The fourth-order valence-corrected chi connectivity index (χ4v) is 2.89. The number of Topliss-reactive ketones (excluding diaryl/α,β-unsaturated/α-hetero) is 1. The van der Waals surface area contributed by atoms with Crippen LogP contribution in [-0.4, -0.2) is 36.0 Å². The number of benzene rings is 1. The molecule has 1 unspecified atom stereocenters. The molecule has 3 rings (SSSR count). The van der Waals surface area contributed by atoms with Crippen molar-refractivity contribution in [2.75, 3.05) is 18.6 Å². The van der Waals surface area contributed by atoms with Crippen LogP contribution in [0, 0.1) is 0 Å². The number of ether oxygens (including phenoxy) is 2. The van der Waals surface area contributed by atoms with Gasteiger partial charge in [-0.05, 0) is 43.7 Å². The number of pyridine rings is 1. The second-order valence-electron chi connectivity index (χ2n) is 6.42. The van der Waals surface area contributed by atoms with Crippen LogP contribution in [0.2, 0.25) is 0 Å². The lowest BCUT2D eigenvalue weighted by Crippen LogP contribution is -2.42. The minimum atomic E-state index is -0.562. The van der Waals surface area contributed by atoms with Crippen LogP contribution in [0.15, 0.2) is 41.3 Å². The topological polar surface area (TPSA) is 77.8 Å². The lowest BCUT2D eigenvalue weighted by molar-refractivity contribution is -0.125. The summed E-state index contributed by atoms with van der Waals surface area (Å²) in [7, 11) is 1.65. The number of rotatable bonds is 6. The maximum Gasteiger partial charge on any atom is 0.293 e. The van der Waals surface area contributed by atoms with E-state index in [0.717, 1.165) is 6.42 Å². The molecule has 0 spiro atoms. The zero-order valence-electron chi connectivity index (χ0n) is 15.6. The number of aromatic nitrogens is 1. The molecular formula is C20H22N2O5. The Morgan fingerprint density at radius 1 is 1.26 bits per heavy atom. The van der Waals surface area contributed by atoms with E-state index in [2.05, 4.69) is 0 Å². The van der Waals surface area contributed by atoms with Gasteiger partial charge in [-0.1, -0.05) is 6.92 Å². The fourth-order valence-electron chi connectivity index (χ4n) is 2.89. The van der Waals surface area contributed by atoms with Crippen molar-refractivity contribution in [2.24, 2.45) is 0 Å². The number of ketones is 1. The molecule has 0 bridgehead atoms. The van der Waals surface area contributed by atoms with Crippen LogP contribution in [0.25, 0.3) is 0 Å². The van der Waals surface area contributed by atoms with Gasteiger partial charge in [0.05, 0.1) is 18.8 Å². The van der Waals surface area contributed by atoms with Crippen LogP contribution in [0.1, 0.15) is 30.6 Å². The Balaban J connectivity index is 1.84. The summed E-state index contributed by atoms with van der Waals surface area (Å²) in [6, 6.07) is 8.20. The Labute approximate surface area is 157 Å². The molecule has 1 atom stereocenters. The first-order valence-corrected chi connectivity index (χ1v) is 8.86. The summed E-state index contributed by atoms with van der Waals surface area (Å²) >= 11 is 0. The van der Waals surface area contributed by atoms with E-state index in [1.54, 1.807) is 50.5 Å². The lowest BCUT2D eigenvalue weighted by atomic mass is 10.1. The molecule has 1 aliphatic heterocycles. The third kappa shape index (κ3) is 3.72. The number of carbonyl (C=O) groups excluding carboxylic acids is 2. The monoisotopic (exact) mass is 370 g/mol. The van der Waals surface area contributed by atoms with E-state index in [4.69, 9.17) is 9.47 Å². The van der Waals surface area contributed by atoms with Gasteiger partial charge in [0.2, 0.25) is 0 Å². The predicted molar refractivity (Wildman–Crippen MR) is 101 cm³/mol. The third-order valence-electron chi connectivity index (χ3n) is 4.39. The molecule has 0 aliphatic carbocycles. The van der Waals surface area contributed by atoms with E-state index in [1.165, 1.54) is 9.47 Å². The summed E-state index contributed by atoms with van der Waals surface area (Å²) in [5, 5.41) is 0. The van der Waals surface area contributed by atoms with E-state index in [9.17, 15) is 14.4 Å². The number of nitrogens with zero attached hydrogens (tertiary/aromatic N) is 2. The summed E-state index contributed by atoms with van der Waals surface area (Å²) < 4.78 is 12.3. The van der Waals surface area contributed by atoms with Crippen molar-refractivity contribution >= 4 is 17.4 Å². The average molecular weight is 370 g/mol. The van der Waals surface area contributed by atoms with E-state index in [0.29, 0.717) is 23.6 Å². The molecule has 1 amide bonds. The highest BCUT2D eigenvalue weighted by atomic mass is 16.5. The third-order valence-corrected chi connectivity index (χ3v) is 4.39. The summed E-state index contributed by atoms with van der Waals surface area (Å²) in [6.45, 7) is 3.96. The van der Waals surface area contributed by atoms with Crippen LogP contribution in [0.4, 0.5) is 5.69 Å². The van der Waals surface area contributed by atoms with Gasteiger partial charge in [-0.25, -0.2) is 0 Å². The molecule has 7 nitrogen and oxygen atoms in total. The highest BCUT2D eigenvalue weighted by molar-refractivity contribution is 6.02. The SMILES string of the molecule is CCCOc1cccn(CC(=O)c2ccc3c(c2)N(C)C(=O)C(C)O3)c1=O. The van der Waals surface area contributed by atoms with Crippen molar-refractivity contribution in [1.29, 1.82) is 0 Å². The van der Waals surface area contributed by atoms with E-state index in [-0.39, 0.29) is 29.5 Å². The van der Waals surface area contributed by atoms with E-state index >= 15 is 0 Å². The molecule has 7 heteroatoms.